The fourth-order valence-electron chi connectivity index (χ4n) is 2.22. The van der Waals surface area contributed by atoms with Crippen LogP contribution in [0.3, 0.4) is 0 Å². The summed E-state index contributed by atoms with van der Waals surface area (Å²) in [5, 5.41) is 0. The third kappa shape index (κ3) is 1.42. The first kappa shape index (κ1) is 8.59. The van der Waals surface area contributed by atoms with Crippen molar-refractivity contribution in [2.75, 3.05) is 5.73 Å². The van der Waals surface area contributed by atoms with Crippen molar-refractivity contribution >= 4 is 5.95 Å². The number of aromatic nitrogens is 3. The minimum atomic E-state index is 0.470. The molecule has 0 radical (unpaired) electrons. The first-order chi connectivity index (χ1) is 7.33. The molecule has 2 aromatic rings. The van der Waals surface area contributed by atoms with Crippen LogP contribution >= 0.6 is 0 Å². The zero-order valence-corrected chi connectivity index (χ0v) is 8.51. The molecular formula is C11H14N4. The van der Waals surface area contributed by atoms with Crippen LogP contribution in [0.5, 0.6) is 0 Å². The monoisotopic (exact) mass is 202 g/mol. The summed E-state index contributed by atoms with van der Waals surface area (Å²) < 4.78 is 0. The Morgan fingerprint density at radius 3 is 2.73 bits per heavy atom. The van der Waals surface area contributed by atoms with Crippen molar-refractivity contribution in [2.45, 2.75) is 25.7 Å². The average Bonchev–Trinajstić information content (AvgIpc) is 2.82. The Balaban J connectivity index is 2.02. The summed E-state index contributed by atoms with van der Waals surface area (Å²) >= 11 is 0. The van der Waals surface area contributed by atoms with E-state index in [1.54, 1.807) is 6.20 Å². The number of nitrogen functional groups attached to an aromatic ring is 1. The maximum Gasteiger partial charge on any atom is 0.197 e. The van der Waals surface area contributed by atoms with Crippen LogP contribution in [-0.4, -0.2) is 15.0 Å². The van der Waals surface area contributed by atoms with Crippen molar-refractivity contribution < 1.29 is 0 Å². The maximum atomic E-state index is 5.56. The zero-order valence-electron chi connectivity index (χ0n) is 8.51. The molecule has 0 spiro atoms. The summed E-state index contributed by atoms with van der Waals surface area (Å²) in [6.45, 7) is 0. The second-order valence-corrected chi connectivity index (χ2v) is 4.08. The Labute approximate surface area is 87.9 Å². The van der Waals surface area contributed by atoms with Gasteiger partial charge in [-0.3, -0.25) is 0 Å². The van der Waals surface area contributed by atoms with Crippen LogP contribution in [0.25, 0.3) is 11.4 Å². The van der Waals surface area contributed by atoms with Crippen molar-refractivity contribution in [3.63, 3.8) is 0 Å². The summed E-state index contributed by atoms with van der Waals surface area (Å²) in [6, 6.07) is 2.21. The Morgan fingerprint density at radius 1 is 1.13 bits per heavy atom. The van der Waals surface area contributed by atoms with Gasteiger partial charge in [0.15, 0.2) is 5.95 Å². The highest BCUT2D eigenvalue weighted by Crippen LogP contribution is 2.26. The molecule has 0 unspecified atom stereocenters. The summed E-state index contributed by atoms with van der Waals surface area (Å²) in [5.41, 5.74) is 10.5. The van der Waals surface area contributed by atoms with Crippen LogP contribution in [0.2, 0.25) is 0 Å². The maximum absolute atomic E-state index is 5.56. The Kier molecular flexibility index (Phi) is 1.80. The topological polar surface area (TPSA) is 70.5 Å². The molecule has 3 rings (SSSR count). The molecule has 0 saturated carbocycles. The first-order valence-corrected chi connectivity index (χ1v) is 5.34. The van der Waals surface area contributed by atoms with Crippen molar-refractivity contribution in [1.29, 1.82) is 0 Å². The number of imidazole rings is 1. The minimum Gasteiger partial charge on any atom is -0.369 e. The van der Waals surface area contributed by atoms with E-state index in [1.165, 1.54) is 36.9 Å². The van der Waals surface area contributed by atoms with Gasteiger partial charge in [-0.1, -0.05) is 0 Å². The van der Waals surface area contributed by atoms with E-state index < -0.39 is 0 Å². The van der Waals surface area contributed by atoms with Gasteiger partial charge in [0.25, 0.3) is 0 Å². The molecule has 15 heavy (non-hydrogen) atoms. The summed E-state index contributed by atoms with van der Waals surface area (Å²) in [7, 11) is 0. The number of hydrogen-bond acceptors (Lipinski definition) is 2. The lowest BCUT2D eigenvalue weighted by molar-refractivity contribution is 0.677. The molecule has 1 aliphatic carbocycles. The molecule has 0 fully saturated rings. The molecule has 2 heterocycles. The number of hydrogen-bond donors (Lipinski definition) is 3. The third-order valence-corrected chi connectivity index (χ3v) is 3.00. The molecule has 0 bridgehead atoms. The second kappa shape index (κ2) is 3.15. The van der Waals surface area contributed by atoms with Gasteiger partial charge in [-0.15, -0.1) is 0 Å². The summed E-state index contributed by atoms with van der Waals surface area (Å²) in [4.78, 5) is 10.5. The number of nitrogens with zero attached hydrogens (tertiary/aromatic N) is 1. The van der Waals surface area contributed by atoms with Crippen LogP contribution in [-0.2, 0) is 12.8 Å². The van der Waals surface area contributed by atoms with Crippen LogP contribution in [0.1, 0.15) is 24.1 Å². The van der Waals surface area contributed by atoms with Crippen LogP contribution < -0.4 is 5.73 Å². The molecule has 2 aromatic heterocycles. The largest absolute Gasteiger partial charge is 0.369 e. The average molecular weight is 202 g/mol. The molecule has 4 nitrogen and oxygen atoms in total. The molecule has 4 N–H and O–H groups in total. The number of rotatable bonds is 1. The van der Waals surface area contributed by atoms with E-state index in [0.717, 1.165) is 11.4 Å². The Hall–Kier alpha value is -1.71. The van der Waals surface area contributed by atoms with E-state index in [4.69, 9.17) is 5.73 Å². The molecule has 78 valence electrons. The SMILES string of the molecule is Nc1ncc(-c2cc3c([nH]2)CCCC3)[nH]1. The summed E-state index contributed by atoms with van der Waals surface area (Å²) in [6.07, 6.45) is 6.72. The number of nitrogens with one attached hydrogen (secondary N) is 2. The normalized spacial score (nSPS) is 15.2. The molecule has 0 aromatic carbocycles. The van der Waals surface area contributed by atoms with Gasteiger partial charge in [0.2, 0.25) is 0 Å². The predicted molar refractivity (Wildman–Crippen MR) is 59.4 cm³/mol. The fourth-order valence-corrected chi connectivity index (χ4v) is 2.22. The van der Waals surface area contributed by atoms with Gasteiger partial charge in [-0.2, -0.15) is 0 Å². The predicted octanol–water partition coefficient (Wildman–Crippen LogP) is 1.87. The van der Waals surface area contributed by atoms with Gasteiger partial charge in [0, 0.05) is 5.69 Å². The molecule has 4 heteroatoms. The number of nitrogens with two attached hydrogens (primary N) is 1. The number of H-pyrrole nitrogens is 2. The molecular weight excluding hydrogens is 188 g/mol. The van der Waals surface area contributed by atoms with Crippen molar-refractivity contribution in [3.05, 3.63) is 23.5 Å². The van der Waals surface area contributed by atoms with Crippen molar-refractivity contribution in [2.24, 2.45) is 0 Å². The quantitative estimate of drug-likeness (QED) is 0.660. The van der Waals surface area contributed by atoms with E-state index in [1.807, 2.05) is 0 Å². The van der Waals surface area contributed by atoms with Crippen LogP contribution in [0, 0.1) is 0 Å². The van der Waals surface area contributed by atoms with E-state index in [9.17, 15) is 0 Å². The highest BCUT2D eigenvalue weighted by atomic mass is 15.0. The summed E-state index contributed by atoms with van der Waals surface area (Å²) in [5.74, 6) is 0.470. The van der Waals surface area contributed by atoms with Crippen molar-refractivity contribution in [3.8, 4) is 11.4 Å². The number of aryl methyl sites for hydroxylation is 2. The Morgan fingerprint density at radius 2 is 2.00 bits per heavy atom. The zero-order chi connectivity index (χ0) is 10.3. The van der Waals surface area contributed by atoms with Gasteiger partial charge in [0.1, 0.15) is 0 Å². The number of anilines is 1. The fraction of sp³-hybridized carbons (Fsp3) is 0.364. The van der Waals surface area contributed by atoms with Crippen LogP contribution in [0.4, 0.5) is 5.95 Å². The molecule has 0 saturated heterocycles. The molecule has 0 amide bonds. The standard InChI is InChI=1S/C11H14N4/c12-11-13-6-10(15-11)9-5-7-3-1-2-4-8(7)14-9/h5-6,14H,1-4H2,(H3,12,13,15). The Bertz CT molecular complexity index is 457. The smallest absolute Gasteiger partial charge is 0.197 e. The van der Waals surface area contributed by atoms with E-state index in [0.29, 0.717) is 5.95 Å². The van der Waals surface area contributed by atoms with E-state index in [2.05, 4.69) is 21.0 Å². The molecule has 0 aliphatic heterocycles. The highest BCUT2D eigenvalue weighted by Gasteiger charge is 2.13. The third-order valence-electron chi connectivity index (χ3n) is 3.00. The first-order valence-electron chi connectivity index (χ1n) is 5.34. The molecule has 1 aliphatic rings. The highest BCUT2D eigenvalue weighted by molar-refractivity contribution is 5.58. The van der Waals surface area contributed by atoms with E-state index >= 15 is 0 Å². The molecule has 0 atom stereocenters. The van der Waals surface area contributed by atoms with Gasteiger partial charge in [0.05, 0.1) is 17.6 Å². The van der Waals surface area contributed by atoms with Crippen LogP contribution in [0.15, 0.2) is 12.3 Å². The van der Waals surface area contributed by atoms with Gasteiger partial charge < -0.3 is 15.7 Å². The van der Waals surface area contributed by atoms with Gasteiger partial charge >= 0.3 is 0 Å². The lowest BCUT2D eigenvalue weighted by Gasteiger charge is -2.08. The van der Waals surface area contributed by atoms with Gasteiger partial charge in [-0.25, -0.2) is 4.98 Å². The van der Waals surface area contributed by atoms with Gasteiger partial charge in [-0.05, 0) is 37.3 Å². The minimum absolute atomic E-state index is 0.470. The van der Waals surface area contributed by atoms with E-state index in [-0.39, 0.29) is 0 Å². The lowest BCUT2D eigenvalue weighted by Crippen LogP contribution is -1.99. The van der Waals surface area contributed by atoms with Crippen molar-refractivity contribution in [1.82, 2.24) is 15.0 Å². The second-order valence-electron chi connectivity index (χ2n) is 4.08. The number of aromatic amines is 2. The number of fused-ring (bicyclic) bond motifs is 1. The lowest BCUT2D eigenvalue weighted by atomic mass is 9.98.